The molecule has 0 radical (unpaired) electrons. The summed E-state index contributed by atoms with van der Waals surface area (Å²) in [6, 6.07) is 8.44. The molecule has 3 fully saturated rings. The summed E-state index contributed by atoms with van der Waals surface area (Å²) in [7, 11) is -0.337. The lowest BCUT2D eigenvalue weighted by molar-refractivity contribution is -0.166. The third-order valence-corrected chi connectivity index (χ3v) is 7.19. The van der Waals surface area contributed by atoms with Crippen molar-refractivity contribution in [1.82, 2.24) is 0 Å². The van der Waals surface area contributed by atoms with Crippen molar-refractivity contribution in [2.24, 2.45) is 0 Å². The van der Waals surface area contributed by atoms with Gasteiger partial charge in [0, 0.05) is 12.8 Å². The average molecular weight is 416 g/mol. The van der Waals surface area contributed by atoms with Crippen LogP contribution in [-0.2, 0) is 23.5 Å². The van der Waals surface area contributed by atoms with Crippen LogP contribution in [0.2, 0.25) is 0 Å². The molecule has 0 aromatic heterocycles. The van der Waals surface area contributed by atoms with E-state index < -0.39 is 5.79 Å². The Morgan fingerprint density at radius 2 is 1.53 bits per heavy atom. The van der Waals surface area contributed by atoms with Crippen LogP contribution in [0, 0.1) is 0 Å². The maximum atomic E-state index is 6.36. The predicted octanol–water partition coefficient (Wildman–Crippen LogP) is 4.53. The summed E-state index contributed by atoms with van der Waals surface area (Å²) in [4.78, 5) is 0. The van der Waals surface area contributed by atoms with Gasteiger partial charge in [0.15, 0.2) is 5.79 Å². The minimum absolute atomic E-state index is 0.0280. The van der Waals surface area contributed by atoms with Gasteiger partial charge in [0.05, 0.1) is 30.0 Å². The van der Waals surface area contributed by atoms with E-state index >= 15 is 0 Å². The third-order valence-electron chi connectivity index (χ3n) is 7.19. The monoisotopic (exact) mass is 416 g/mol. The lowest BCUT2D eigenvalue weighted by Gasteiger charge is -2.32. The molecule has 0 aliphatic carbocycles. The zero-order valence-electron chi connectivity index (χ0n) is 19.4. The van der Waals surface area contributed by atoms with E-state index in [2.05, 4.69) is 65.8 Å². The molecule has 3 aliphatic heterocycles. The number of rotatable bonds is 6. The SMILES string of the molecule is CCCCCC1(C)O[C@H]2C[C@@H](c3ccc(B4OC(C)(C)C(C)(C)O4)cc3)OC[C@H]2O1. The molecule has 0 bridgehead atoms. The summed E-state index contributed by atoms with van der Waals surface area (Å²) in [5, 5.41) is 0. The zero-order chi connectivity index (χ0) is 21.6. The molecule has 1 aromatic carbocycles. The van der Waals surface area contributed by atoms with Gasteiger partial charge in [0.2, 0.25) is 0 Å². The van der Waals surface area contributed by atoms with E-state index in [9.17, 15) is 0 Å². The van der Waals surface area contributed by atoms with Crippen LogP contribution >= 0.6 is 0 Å². The molecular weight excluding hydrogens is 379 g/mol. The molecule has 30 heavy (non-hydrogen) atoms. The largest absolute Gasteiger partial charge is 0.494 e. The first kappa shape index (κ1) is 22.3. The Morgan fingerprint density at radius 1 is 0.900 bits per heavy atom. The van der Waals surface area contributed by atoms with Crippen molar-refractivity contribution in [3.05, 3.63) is 29.8 Å². The highest BCUT2D eigenvalue weighted by Gasteiger charge is 2.52. The van der Waals surface area contributed by atoms with Crippen LogP contribution in [0.25, 0.3) is 0 Å². The standard InChI is InChI=1S/C24H37BO5/c1-7-8-9-14-24(6)27-20-15-19(26-16-21(20)28-24)17-10-12-18(13-11-17)25-29-22(2,3)23(4,5)30-25/h10-13,19-21H,7-9,14-16H2,1-6H3/t19-,20-,21+,24?/m0/s1. The molecule has 4 rings (SSSR count). The Bertz CT molecular complexity index is 718. The Morgan fingerprint density at radius 3 is 2.17 bits per heavy atom. The first-order valence-corrected chi connectivity index (χ1v) is 11.6. The molecule has 5 nitrogen and oxygen atoms in total. The maximum absolute atomic E-state index is 6.36. The van der Waals surface area contributed by atoms with Crippen molar-refractivity contribution in [2.45, 2.75) is 109 Å². The van der Waals surface area contributed by atoms with Crippen LogP contribution in [0.5, 0.6) is 0 Å². The first-order valence-electron chi connectivity index (χ1n) is 11.6. The van der Waals surface area contributed by atoms with E-state index in [1.165, 1.54) is 12.8 Å². The van der Waals surface area contributed by atoms with Crippen molar-refractivity contribution >= 4 is 12.6 Å². The molecule has 3 heterocycles. The summed E-state index contributed by atoms with van der Waals surface area (Å²) in [5.41, 5.74) is 1.54. The van der Waals surface area contributed by atoms with E-state index in [1.807, 2.05) is 0 Å². The molecule has 6 heteroatoms. The lowest BCUT2D eigenvalue weighted by Crippen LogP contribution is -2.41. The second-order valence-corrected chi connectivity index (χ2v) is 10.2. The summed E-state index contributed by atoms with van der Waals surface area (Å²) < 4.78 is 31.1. The van der Waals surface area contributed by atoms with E-state index in [0.29, 0.717) is 6.61 Å². The maximum Gasteiger partial charge on any atom is 0.494 e. The van der Waals surface area contributed by atoms with Gasteiger partial charge >= 0.3 is 7.12 Å². The molecule has 166 valence electrons. The van der Waals surface area contributed by atoms with Crippen LogP contribution in [0.3, 0.4) is 0 Å². The zero-order valence-corrected chi connectivity index (χ0v) is 19.4. The predicted molar refractivity (Wildman–Crippen MR) is 118 cm³/mol. The number of hydrogen-bond donors (Lipinski definition) is 0. The van der Waals surface area contributed by atoms with Gasteiger partial charge in [-0.2, -0.15) is 0 Å². The highest BCUT2D eigenvalue weighted by atomic mass is 16.8. The fraction of sp³-hybridized carbons (Fsp3) is 0.750. The van der Waals surface area contributed by atoms with E-state index in [1.54, 1.807) is 0 Å². The topological polar surface area (TPSA) is 46.2 Å². The minimum atomic E-state index is -0.469. The van der Waals surface area contributed by atoms with Crippen molar-refractivity contribution in [2.75, 3.05) is 6.61 Å². The normalized spacial score (nSPS) is 34.9. The lowest BCUT2D eigenvalue weighted by atomic mass is 9.78. The first-order chi connectivity index (χ1) is 14.1. The van der Waals surface area contributed by atoms with Gasteiger partial charge in [-0.05, 0) is 52.1 Å². The Kier molecular flexibility index (Phi) is 6.10. The summed E-state index contributed by atoms with van der Waals surface area (Å²) in [6.07, 6.45) is 5.49. The van der Waals surface area contributed by atoms with Gasteiger partial charge in [0.25, 0.3) is 0 Å². The van der Waals surface area contributed by atoms with Gasteiger partial charge in [-0.3, -0.25) is 0 Å². The van der Waals surface area contributed by atoms with E-state index in [4.69, 9.17) is 23.5 Å². The summed E-state index contributed by atoms with van der Waals surface area (Å²) >= 11 is 0. The van der Waals surface area contributed by atoms with Crippen LogP contribution in [0.1, 0.15) is 85.3 Å². The van der Waals surface area contributed by atoms with Crippen molar-refractivity contribution in [3.63, 3.8) is 0 Å². The molecule has 3 aliphatic rings. The third kappa shape index (κ3) is 4.35. The molecule has 4 atom stereocenters. The molecule has 0 saturated carbocycles. The average Bonchev–Trinajstić information content (AvgIpc) is 3.13. The van der Waals surface area contributed by atoms with Crippen molar-refractivity contribution in [3.8, 4) is 0 Å². The van der Waals surface area contributed by atoms with Gasteiger partial charge in [-0.1, -0.05) is 44.0 Å². The highest BCUT2D eigenvalue weighted by molar-refractivity contribution is 6.62. The second kappa shape index (κ2) is 8.21. The number of benzene rings is 1. The number of unbranched alkanes of at least 4 members (excludes halogenated alkanes) is 2. The van der Waals surface area contributed by atoms with Gasteiger partial charge in [-0.25, -0.2) is 0 Å². The second-order valence-electron chi connectivity index (χ2n) is 10.2. The van der Waals surface area contributed by atoms with Crippen molar-refractivity contribution < 1.29 is 23.5 Å². The van der Waals surface area contributed by atoms with Crippen LogP contribution < -0.4 is 5.46 Å². The Hall–Kier alpha value is -0.915. The molecular formula is C24H37BO5. The van der Waals surface area contributed by atoms with Crippen LogP contribution in [0.4, 0.5) is 0 Å². The van der Waals surface area contributed by atoms with Gasteiger partial charge in [-0.15, -0.1) is 0 Å². The fourth-order valence-corrected chi connectivity index (χ4v) is 4.54. The smallest absolute Gasteiger partial charge is 0.399 e. The molecule has 0 N–H and O–H groups in total. The Labute approximate surface area is 181 Å². The quantitative estimate of drug-likeness (QED) is 0.504. The van der Waals surface area contributed by atoms with Crippen LogP contribution in [0.15, 0.2) is 24.3 Å². The molecule has 3 saturated heterocycles. The number of ether oxygens (including phenoxy) is 3. The molecule has 0 amide bonds. The summed E-state index contributed by atoms with van der Waals surface area (Å²) in [5.74, 6) is -0.469. The fourth-order valence-electron chi connectivity index (χ4n) is 4.54. The molecule has 1 unspecified atom stereocenters. The highest BCUT2D eigenvalue weighted by Crippen LogP contribution is 2.41. The number of fused-ring (bicyclic) bond motifs is 1. The number of hydrogen-bond acceptors (Lipinski definition) is 5. The van der Waals surface area contributed by atoms with E-state index in [0.717, 1.165) is 30.3 Å². The molecule has 0 spiro atoms. The van der Waals surface area contributed by atoms with Crippen LogP contribution in [-0.4, -0.2) is 42.9 Å². The Balaban J connectivity index is 1.37. The van der Waals surface area contributed by atoms with E-state index in [-0.39, 0.29) is 36.6 Å². The minimum Gasteiger partial charge on any atom is -0.399 e. The molecule has 1 aromatic rings. The van der Waals surface area contributed by atoms with Gasteiger partial charge in [0.1, 0.15) is 6.10 Å². The summed E-state index contributed by atoms with van der Waals surface area (Å²) in [6.45, 7) is 13.2. The van der Waals surface area contributed by atoms with Gasteiger partial charge < -0.3 is 23.5 Å². The van der Waals surface area contributed by atoms with Crippen molar-refractivity contribution in [1.29, 1.82) is 0 Å².